The number of aliphatic hydroxyl groups excluding tert-OH is 8. The van der Waals surface area contributed by atoms with E-state index in [1.807, 2.05) is 6.92 Å². The van der Waals surface area contributed by atoms with Crippen molar-refractivity contribution in [1.29, 1.82) is 0 Å². The highest BCUT2D eigenvalue weighted by Crippen LogP contribution is 2.36. The third-order valence-electron chi connectivity index (χ3n) is 10.7. The second kappa shape index (κ2) is 19.1. The van der Waals surface area contributed by atoms with Crippen molar-refractivity contribution in [3.05, 3.63) is 0 Å². The topological polar surface area (TPSA) is 273 Å². The van der Waals surface area contributed by atoms with Crippen molar-refractivity contribution in [2.24, 2.45) is 0 Å². The van der Waals surface area contributed by atoms with Crippen molar-refractivity contribution in [1.82, 2.24) is 0 Å². The average Bonchev–Trinajstić information content (AvgIpc) is 3.13. The van der Waals surface area contributed by atoms with Gasteiger partial charge >= 0.3 is 0 Å². The Labute approximate surface area is 307 Å². The van der Waals surface area contributed by atoms with E-state index in [2.05, 4.69) is 0 Å². The minimum Gasteiger partial charge on any atom is -0.394 e. The van der Waals surface area contributed by atoms with Crippen LogP contribution < -0.4 is 0 Å². The Bertz CT molecular complexity index is 1100. The lowest BCUT2D eigenvalue weighted by molar-refractivity contribution is -0.376. The summed E-state index contributed by atoms with van der Waals surface area (Å²) in [5.41, 5.74) is 0. The van der Waals surface area contributed by atoms with Gasteiger partial charge in [-0.3, -0.25) is 0 Å². The number of rotatable bonds is 13. The minimum atomic E-state index is -1.79. The molecule has 8 N–H and O–H groups in total. The SMILES string of the molecule is CO[C@@H]1CC(O)O[C@@H](C)[C@@H]1O[C@H]1C[C@@H](OC)[C@@H](O[C@H]2C[C@@H](OC)[C@@H](O[C@@H]3O[C@H](CO)[C@@H](O[C@@H]4O[C@H](CO)[C@@H](O)[C@H](O)[C@H]4O)[C@H](O)[C@H]3O)[C@H](C)O2)[C@H](C)O1. The first-order valence-electron chi connectivity index (χ1n) is 18.0. The van der Waals surface area contributed by atoms with Crippen molar-refractivity contribution >= 4 is 0 Å². The summed E-state index contributed by atoms with van der Waals surface area (Å²) in [5, 5.41) is 82.3. The van der Waals surface area contributed by atoms with Gasteiger partial charge in [0.05, 0.1) is 49.8 Å². The van der Waals surface area contributed by atoms with E-state index in [9.17, 15) is 40.9 Å². The van der Waals surface area contributed by atoms with Gasteiger partial charge in [-0.2, -0.15) is 0 Å². The number of ether oxygens (including phenoxy) is 12. The van der Waals surface area contributed by atoms with E-state index >= 15 is 0 Å². The van der Waals surface area contributed by atoms with Crippen LogP contribution in [0, 0.1) is 0 Å². The molecular formula is C33H58O20. The van der Waals surface area contributed by atoms with Crippen molar-refractivity contribution in [3.8, 4) is 0 Å². The van der Waals surface area contributed by atoms with Crippen LogP contribution in [0.2, 0.25) is 0 Å². The average molecular weight is 775 g/mol. The van der Waals surface area contributed by atoms with E-state index in [-0.39, 0.29) is 12.8 Å². The van der Waals surface area contributed by atoms with Crippen LogP contribution in [0.15, 0.2) is 0 Å². The molecule has 5 fully saturated rings. The zero-order valence-corrected chi connectivity index (χ0v) is 30.7. The highest BCUT2D eigenvalue weighted by molar-refractivity contribution is 4.96. The molecule has 5 aliphatic heterocycles. The fourth-order valence-electron chi connectivity index (χ4n) is 7.65. The normalized spacial score (nSPS) is 51.3. The molecule has 0 saturated carbocycles. The van der Waals surface area contributed by atoms with E-state index in [4.69, 9.17) is 56.8 Å². The zero-order valence-electron chi connectivity index (χ0n) is 30.7. The van der Waals surface area contributed by atoms with Gasteiger partial charge in [0.25, 0.3) is 0 Å². The van der Waals surface area contributed by atoms with Gasteiger partial charge in [0, 0.05) is 40.6 Å². The van der Waals surface area contributed by atoms with E-state index in [1.54, 1.807) is 28.1 Å². The molecule has 5 heterocycles. The molecule has 20 heteroatoms. The van der Waals surface area contributed by atoms with Crippen LogP contribution >= 0.6 is 0 Å². The van der Waals surface area contributed by atoms with Gasteiger partial charge in [-0.05, 0) is 20.8 Å². The van der Waals surface area contributed by atoms with E-state index < -0.39 is 148 Å². The summed E-state index contributed by atoms with van der Waals surface area (Å²) >= 11 is 0. The highest BCUT2D eigenvalue weighted by atomic mass is 16.8. The second-order valence-corrected chi connectivity index (χ2v) is 14.2. The summed E-state index contributed by atoms with van der Waals surface area (Å²) in [6.45, 7) is 3.91. The van der Waals surface area contributed by atoms with Crippen molar-refractivity contribution in [2.45, 2.75) is 175 Å². The minimum absolute atomic E-state index is 0.178. The molecule has 0 aromatic heterocycles. The lowest BCUT2D eigenvalue weighted by Crippen LogP contribution is -2.65. The lowest BCUT2D eigenvalue weighted by Gasteiger charge is -2.48. The zero-order chi connectivity index (χ0) is 38.7. The fourth-order valence-corrected chi connectivity index (χ4v) is 7.65. The monoisotopic (exact) mass is 774 g/mol. The molecule has 0 amide bonds. The van der Waals surface area contributed by atoms with Crippen LogP contribution in [-0.4, -0.2) is 211 Å². The molecule has 310 valence electrons. The second-order valence-electron chi connectivity index (χ2n) is 14.2. The summed E-state index contributed by atoms with van der Waals surface area (Å²) in [7, 11) is 4.58. The smallest absolute Gasteiger partial charge is 0.187 e. The van der Waals surface area contributed by atoms with E-state index in [0.717, 1.165) is 0 Å². The number of hydrogen-bond donors (Lipinski definition) is 8. The molecule has 5 aliphatic rings. The molecule has 0 aromatic rings. The molecule has 53 heavy (non-hydrogen) atoms. The summed E-state index contributed by atoms with van der Waals surface area (Å²) < 4.78 is 70.6. The standard InChI is InChI=1S/C33H58O20/c1-12-28(15(42-4)7-20(36)45-12)50-21-8-16(43-5)29(13(2)46-21)51-22-9-17(44-6)30(14(3)47-22)52-33-27(41)25(39)31(19(11-35)49-33)53-32-26(40)24(38)23(37)18(10-34)48-32/h12-41H,7-11H2,1-6H3/t12-,13-,14-,15+,16+,17+,18+,19+,20?,21-,22-,23+,24-,25+,26+,27+,28-,29-,30-,31+,32-,33-/m0/s1. The Hall–Kier alpha value is -0.800. The Morgan fingerprint density at radius 2 is 0.868 bits per heavy atom. The predicted octanol–water partition coefficient (Wildman–Crippen LogP) is -3.79. The Morgan fingerprint density at radius 1 is 0.453 bits per heavy atom. The quantitative estimate of drug-likeness (QED) is 0.0892. The Morgan fingerprint density at radius 3 is 1.36 bits per heavy atom. The van der Waals surface area contributed by atoms with Gasteiger partial charge < -0.3 is 97.7 Å². The van der Waals surface area contributed by atoms with Crippen LogP contribution in [-0.2, 0) is 56.8 Å². The first-order valence-corrected chi connectivity index (χ1v) is 18.0. The molecule has 0 aromatic carbocycles. The number of methoxy groups -OCH3 is 3. The van der Waals surface area contributed by atoms with E-state index in [1.165, 1.54) is 7.11 Å². The van der Waals surface area contributed by atoms with Crippen LogP contribution in [0.25, 0.3) is 0 Å². The maximum Gasteiger partial charge on any atom is 0.187 e. The van der Waals surface area contributed by atoms with Crippen molar-refractivity contribution in [2.75, 3.05) is 34.5 Å². The molecule has 0 radical (unpaired) electrons. The third kappa shape index (κ3) is 9.67. The molecule has 0 bridgehead atoms. The molecule has 1 unspecified atom stereocenters. The first-order chi connectivity index (χ1) is 25.2. The molecule has 5 saturated heterocycles. The predicted molar refractivity (Wildman–Crippen MR) is 172 cm³/mol. The molecule has 0 spiro atoms. The van der Waals surface area contributed by atoms with E-state index in [0.29, 0.717) is 6.42 Å². The van der Waals surface area contributed by atoms with Gasteiger partial charge in [-0.25, -0.2) is 0 Å². The van der Waals surface area contributed by atoms with Gasteiger partial charge in [0.1, 0.15) is 67.1 Å². The summed E-state index contributed by atoms with van der Waals surface area (Å²) in [6.07, 6.45) is -22.6. The molecule has 20 nitrogen and oxygen atoms in total. The Kier molecular flexibility index (Phi) is 15.6. The third-order valence-corrected chi connectivity index (χ3v) is 10.7. The fraction of sp³-hybridized carbons (Fsp3) is 1.00. The van der Waals surface area contributed by atoms with Gasteiger partial charge in [0.2, 0.25) is 0 Å². The molecular weight excluding hydrogens is 716 g/mol. The van der Waals surface area contributed by atoms with Gasteiger partial charge in [-0.15, -0.1) is 0 Å². The number of hydrogen-bond acceptors (Lipinski definition) is 20. The van der Waals surface area contributed by atoms with Gasteiger partial charge in [0.15, 0.2) is 31.5 Å². The van der Waals surface area contributed by atoms with Crippen molar-refractivity contribution in [3.63, 3.8) is 0 Å². The maximum absolute atomic E-state index is 11.1. The largest absolute Gasteiger partial charge is 0.394 e. The lowest BCUT2D eigenvalue weighted by atomic mass is 9.96. The van der Waals surface area contributed by atoms with Crippen LogP contribution in [0.4, 0.5) is 0 Å². The summed E-state index contributed by atoms with van der Waals surface area (Å²) in [5.74, 6) is 0. The summed E-state index contributed by atoms with van der Waals surface area (Å²) in [6, 6.07) is 0. The van der Waals surface area contributed by atoms with Crippen LogP contribution in [0.5, 0.6) is 0 Å². The van der Waals surface area contributed by atoms with Gasteiger partial charge in [-0.1, -0.05) is 0 Å². The summed E-state index contributed by atoms with van der Waals surface area (Å²) in [4.78, 5) is 0. The Balaban J connectivity index is 1.17. The molecule has 0 aliphatic carbocycles. The maximum atomic E-state index is 11.1. The number of aliphatic hydroxyl groups is 8. The first kappa shape index (κ1) is 43.3. The highest BCUT2D eigenvalue weighted by Gasteiger charge is 2.53. The molecule has 5 rings (SSSR count). The van der Waals surface area contributed by atoms with Crippen LogP contribution in [0.3, 0.4) is 0 Å². The van der Waals surface area contributed by atoms with Crippen LogP contribution in [0.1, 0.15) is 40.0 Å². The molecule has 22 atom stereocenters. The van der Waals surface area contributed by atoms with Crippen molar-refractivity contribution < 1.29 is 97.7 Å².